The van der Waals surface area contributed by atoms with Gasteiger partial charge in [0.25, 0.3) is 0 Å². The molecule has 8 atom stereocenters. The first-order valence-corrected chi connectivity index (χ1v) is 13.2. The Labute approximate surface area is 248 Å². The van der Waals surface area contributed by atoms with Crippen LogP contribution in [0.5, 0.6) is 0 Å². The Balaban J connectivity index is 0.00000353. The van der Waals surface area contributed by atoms with Gasteiger partial charge in [0.1, 0.15) is 0 Å². The summed E-state index contributed by atoms with van der Waals surface area (Å²) in [6.45, 7) is 6.21. The fourth-order valence-electron chi connectivity index (χ4n) is 8.34. The summed E-state index contributed by atoms with van der Waals surface area (Å²) in [5.74, 6) is -5.24. The smallest absolute Gasteiger partial charge is 0.550 e. The number of fused-ring (bicyclic) bond motifs is 7. The molecular weight excluding hydrogens is 522 g/mol. The van der Waals surface area contributed by atoms with E-state index < -0.39 is 89.1 Å². The molecule has 9 nitrogen and oxygen atoms in total. The molecule has 0 bridgehead atoms. The predicted molar refractivity (Wildman–Crippen MR) is 127 cm³/mol. The van der Waals surface area contributed by atoms with Crippen molar-refractivity contribution in [1.82, 2.24) is 0 Å². The van der Waals surface area contributed by atoms with Crippen LogP contribution in [0.1, 0.15) is 66.2 Å². The summed E-state index contributed by atoms with van der Waals surface area (Å²) in [4.78, 5) is 48.6. The number of hydrogen-bond donors (Lipinski definition) is 1. The Bertz CT molecular complexity index is 1170. The molecule has 11 heteroatoms. The number of rotatable bonds is 6. The molecule has 0 spiro atoms. The van der Waals surface area contributed by atoms with Gasteiger partial charge in [0.2, 0.25) is 5.78 Å². The summed E-state index contributed by atoms with van der Waals surface area (Å²) in [5, 5.41) is 22.2. The average molecular weight is 557 g/mol. The van der Waals surface area contributed by atoms with Crippen LogP contribution in [-0.2, 0) is 33.4 Å². The van der Waals surface area contributed by atoms with Crippen LogP contribution in [0.2, 0.25) is 0 Å². The predicted octanol–water partition coefficient (Wildman–Crippen LogP) is -1.50. The Kier molecular flexibility index (Phi) is 7.70. The second-order valence-electron chi connectivity index (χ2n) is 12.3. The SMILES string of the molecule is CC1(C)O[C@H]2C[C@H]3[C@@H]4CCC5=CC(=O)C=C[C@]5(C)[C@@]4(F)[C@@H](O)C[C@]3(C)[C@]2(C(=O)COC(=O)CCC(=O)[O-])O1.[Na+]. The van der Waals surface area contributed by atoms with Crippen molar-refractivity contribution in [2.75, 3.05) is 6.61 Å². The van der Waals surface area contributed by atoms with E-state index in [4.69, 9.17) is 14.2 Å². The van der Waals surface area contributed by atoms with Crippen molar-refractivity contribution in [3.8, 4) is 0 Å². The molecule has 39 heavy (non-hydrogen) atoms. The molecule has 5 rings (SSSR count). The summed E-state index contributed by atoms with van der Waals surface area (Å²) < 4.78 is 35.0. The topological polar surface area (TPSA) is 139 Å². The number of aliphatic hydroxyl groups excluding tert-OH is 1. The van der Waals surface area contributed by atoms with E-state index in [1.807, 2.05) is 6.92 Å². The molecule has 3 saturated carbocycles. The Morgan fingerprint density at radius 1 is 1.18 bits per heavy atom. The molecule has 208 valence electrons. The number of ether oxygens (including phenoxy) is 3. The average Bonchev–Trinajstić information content (AvgIpc) is 3.23. The van der Waals surface area contributed by atoms with Crippen molar-refractivity contribution >= 4 is 23.5 Å². The van der Waals surface area contributed by atoms with Crippen molar-refractivity contribution in [3.05, 3.63) is 23.8 Å². The van der Waals surface area contributed by atoms with Gasteiger partial charge in [-0.05, 0) is 70.9 Å². The molecule has 0 aromatic rings. The van der Waals surface area contributed by atoms with Gasteiger partial charge in [-0.2, -0.15) is 0 Å². The summed E-state index contributed by atoms with van der Waals surface area (Å²) in [6, 6.07) is 0. The van der Waals surface area contributed by atoms with E-state index in [9.17, 15) is 29.4 Å². The maximum Gasteiger partial charge on any atom is 1.00 e. The summed E-state index contributed by atoms with van der Waals surface area (Å²) in [7, 11) is 0. The van der Waals surface area contributed by atoms with E-state index in [-0.39, 0.29) is 41.8 Å². The first-order valence-electron chi connectivity index (χ1n) is 13.2. The van der Waals surface area contributed by atoms with Crippen LogP contribution in [0, 0.1) is 22.7 Å². The van der Waals surface area contributed by atoms with Gasteiger partial charge in [-0.3, -0.25) is 14.4 Å². The number of aliphatic hydroxyl groups is 1. The molecule has 0 unspecified atom stereocenters. The molecule has 0 aromatic carbocycles. The molecular formula is C28H34FNaO9. The molecule has 1 aliphatic heterocycles. The van der Waals surface area contributed by atoms with Gasteiger partial charge in [-0.25, -0.2) is 4.39 Å². The van der Waals surface area contributed by atoms with Gasteiger partial charge in [0, 0.05) is 22.7 Å². The van der Waals surface area contributed by atoms with Crippen molar-refractivity contribution in [3.63, 3.8) is 0 Å². The number of carbonyl (C=O) groups is 4. The van der Waals surface area contributed by atoms with Crippen LogP contribution in [0.4, 0.5) is 4.39 Å². The standard InChI is InChI=1S/C28H35FO9.Na/c1-24(2)37-21-12-18-17-6-5-15-11-16(30)9-10-25(15,3)27(17,29)19(31)13-26(18,4)28(21,38-24)20(32)14-36-23(35)8-7-22(33)34;/h9-11,17-19,21,31H,5-8,12-14H2,1-4H3,(H,33,34);/q;+1/p-1/t17-,18-,19-,21-,25-,26-,27-,28+;/m0./s1. The van der Waals surface area contributed by atoms with Crippen LogP contribution in [-0.4, -0.2) is 64.5 Å². The second-order valence-corrected chi connectivity index (χ2v) is 12.3. The maximum atomic E-state index is 17.4. The first kappa shape index (κ1) is 30.5. The number of Topliss-reactive ketones (excluding diaryl/α,β-unsaturated/α-hetero) is 1. The minimum Gasteiger partial charge on any atom is -0.550 e. The van der Waals surface area contributed by atoms with Crippen molar-refractivity contribution in [2.45, 2.75) is 95.5 Å². The summed E-state index contributed by atoms with van der Waals surface area (Å²) in [5.41, 5.74) is -5.24. The van der Waals surface area contributed by atoms with E-state index in [0.29, 0.717) is 24.8 Å². The zero-order chi connectivity index (χ0) is 27.9. The molecule has 5 aliphatic rings. The summed E-state index contributed by atoms with van der Waals surface area (Å²) >= 11 is 0. The minimum atomic E-state index is -2.08. The Morgan fingerprint density at radius 3 is 2.54 bits per heavy atom. The number of ketones is 2. The number of carbonyl (C=O) groups excluding carboxylic acids is 4. The van der Waals surface area contributed by atoms with Crippen LogP contribution in [0.3, 0.4) is 0 Å². The van der Waals surface area contributed by atoms with Gasteiger partial charge >= 0.3 is 35.5 Å². The molecule has 1 N–H and O–H groups in total. The third kappa shape index (κ3) is 4.24. The van der Waals surface area contributed by atoms with Crippen molar-refractivity contribution < 1.29 is 77.5 Å². The number of alkyl halides is 1. The van der Waals surface area contributed by atoms with Crippen LogP contribution in [0.15, 0.2) is 23.8 Å². The van der Waals surface area contributed by atoms with E-state index in [1.165, 1.54) is 12.2 Å². The minimum absolute atomic E-state index is 0. The van der Waals surface area contributed by atoms with Gasteiger partial charge in [-0.15, -0.1) is 0 Å². The monoisotopic (exact) mass is 556 g/mol. The van der Waals surface area contributed by atoms with Crippen LogP contribution in [0.25, 0.3) is 0 Å². The first-order chi connectivity index (χ1) is 17.6. The normalized spacial score (nSPS) is 43.2. The van der Waals surface area contributed by atoms with E-state index >= 15 is 4.39 Å². The van der Waals surface area contributed by atoms with Gasteiger partial charge < -0.3 is 29.2 Å². The largest absolute Gasteiger partial charge is 1.00 e. The number of allylic oxidation sites excluding steroid dienone is 4. The zero-order valence-electron chi connectivity index (χ0n) is 23.1. The fraction of sp³-hybridized carbons (Fsp3) is 0.714. The Morgan fingerprint density at radius 2 is 1.87 bits per heavy atom. The van der Waals surface area contributed by atoms with E-state index in [1.54, 1.807) is 26.8 Å². The molecule has 0 radical (unpaired) electrons. The quantitative estimate of drug-likeness (QED) is 0.306. The second kappa shape index (κ2) is 9.84. The molecule has 4 aliphatic carbocycles. The molecule has 0 aromatic heterocycles. The number of carboxylic acid groups (broad SMARTS) is 1. The van der Waals surface area contributed by atoms with E-state index in [0.717, 1.165) is 0 Å². The molecule has 0 amide bonds. The van der Waals surface area contributed by atoms with Gasteiger partial charge in [-0.1, -0.05) is 18.6 Å². The molecule has 4 fully saturated rings. The number of carboxylic acids is 1. The third-order valence-electron chi connectivity index (χ3n) is 9.95. The Hall–Kier alpha value is -1.43. The fourth-order valence-corrected chi connectivity index (χ4v) is 8.34. The van der Waals surface area contributed by atoms with Crippen LogP contribution < -0.4 is 34.7 Å². The number of hydrogen-bond acceptors (Lipinski definition) is 9. The van der Waals surface area contributed by atoms with E-state index in [2.05, 4.69) is 0 Å². The molecule has 1 heterocycles. The zero-order valence-corrected chi connectivity index (χ0v) is 25.1. The van der Waals surface area contributed by atoms with Crippen molar-refractivity contribution in [1.29, 1.82) is 0 Å². The van der Waals surface area contributed by atoms with Crippen molar-refractivity contribution in [2.24, 2.45) is 22.7 Å². The third-order valence-corrected chi connectivity index (χ3v) is 9.95. The van der Waals surface area contributed by atoms with Gasteiger partial charge in [0.05, 0.1) is 18.6 Å². The number of aliphatic carboxylic acids is 1. The number of halogens is 1. The maximum absolute atomic E-state index is 17.4. The number of esters is 1. The summed E-state index contributed by atoms with van der Waals surface area (Å²) in [6.07, 6.45) is 2.27. The molecule has 1 saturated heterocycles. The van der Waals surface area contributed by atoms with Gasteiger partial charge in [0.15, 0.2) is 29.4 Å². The van der Waals surface area contributed by atoms with Crippen LogP contribution >= 0.6 is 0 Å².